The number of nitrogens with zero attached hydrogens (tertiary/aromatic N) is 2. The van der Waals surface area contributed by atoms with Gasteiger partial charge >= 0.3 is 0 Å². The largest absolute Gasteiger partial charge is 0.352 e. The topological polar surface area (TPSA) is 64.7 Å². The predicted molar refractivity (Wildman–Crippen MR) is 80.0 cm³/mol. The smallest absolute Gasteiger partial charge is 0.234 e. The summed E-state index contributed by atoms with van der Waals surface area (Å²) in [5.41, 5.74) is 0. The van der Waals surface area contributed by atoms with Crippen molar-refractivity contribution >= 4 is 24.2 Å². The Hall–Kier alpha value is -0.850. The molecule has 2 N–H and O–H groups in total. The Morgan fingerprint density at radius 1 is 1.30 bits per heavy atom. The maximum absolute atomic E-state index is 11.9. The lowest BCUT2D eigenvalue weighted by Gasteiger charge is -2.28. The van der Waals surface area contributed by atoms with Crippen LogP contribution in [0, 0.1) is 0 Å². The molecule has 0 aromatic heterocycles. The third-order valence-corrected chi connectivity index (χ3v) is 3.53. The monoisotopic (exact) mass is 304 g/mol. The highest BCUT2D eigenvalue weighted by Crippen LogP contribution is 2.18. The fraction of sp³-hybridized carbons (Fsp3) is 0.846. The zero-order valence-electron chi connectivity index (χ0n) is 12.1. The first-order valence-electron chi connectivity index (χ1n) is 7.11. The normalized spacial score (nSPS) is 18.6. The van der Waals surface area contributed by atoms with Crippen LogP contribution < -0.4 is 10.6 Å². The summed E-state index contributed by atoms with van der Waals surface area (Å²) in [4.78, 5) is 27.4. The number of piperazine rings is 1. The molecule has 0 atom stereocenters. The second-order valence-electron chi connectivity index (χ2n) is 5.46. The summed E-state index contributed by atoms with van der Waals surface area (Å²) < 4.78 is 0. The molecule has 0 aromatic rings. The summed E-state index contributed by atoms with van der Waals surface area (Å²) in [5, 5.41) is 6.18. The summed E-state index contributed by atoms with van der Waals surface area (Å²) in [6, 6.07) is 0.406. The summed E-state index contributed by atoms with van der Waals surface area (Å²) in [7, 11) is 1.89. The van der Waals surface area contributed by atoms with E-state index >= 15 is 0 Å². The highest BCUT2D eigenvalue weighted by atomic mass is 35.5. The molecule has 0 bridgehead atoms. The van der Waals surface area contributed by atoms with Gasteiger partial charge in [0.15, 0.2) is 0 Å². The van der Waals surface area contributed by atoms with Crippen molar-refractivity contribution in [1.29, 1.82) is 0 Å². The molecule has 1 saturated heterocycles. The SMILES string of the molecule is CN(CCC(=O)N1CCNCC1)CC(=O)NC1CC1.Cl. The number of carbonyl (C=O) groups excluding carboxylic acids is 2. The third-order valence-electron chi connectivity index (χ3n) is 3.53. The molecule has 1 saturated carbocycles. The van der Waals surface area contributed by atoms with Gasteiger partial charge in [0.05, 0.1) is 6.54 Å². The lowest BCUT2D eigenvalue weighted by molar-refractivity contribution is -0.132. The van der Waals surface area contributed by atoms with Crippen LogP contribution in [0.15, 0.2) is 0 Å². The van der Waals surface area contributed by atoms with Gasteiger partial charge in [0.25, 0.3) is 0 Å². The van der Waals surface area contributed by atoms with Crippen LogP contribution in [0.2, 0.25) is 0 Å². The van der Waals surface area contributed by atoms with Gasteiger partial charge in [0, 0.05) is 45.2 Å². The molecule has 20 heavy (non-hydrogen) atoms. The van der Waals surface area contributed by atoms with E-state index in [0.29, 0.717) is 25.6 Å². The Morgan fingerprint density at radius 3 is 2.55 bits per heavy atom. The van der Waals surface area contributed by atoms with Crippen LogP contribution in [-0.4, -0.2) is 74.0 Å². The minimum atomic E-state index is 0. The van der Waals surface area contributed by atoms with E-state index in [9.17, 15) is 9.59 Å². The average Bonchev–Trinajstić information content (AvgIpc) is 3.20. The van der Waals surface area contributed by atoms with Crippen LogP contribution in [0.5, 0.6) is 0 Å². The fourth-order valence-corrected chi connectivity index (χ4v) is 2.18. The lowest BCUT2D eigenvalue weighted by Crippen LogP contribution is -2.47. The van der Waals surface area contributed by atoms with E-state index in [0.717, 1.165) is 39.0 Å². The molecule has 7 heteroatoms. The number of halogens is 1. The van der Waals surface area contributed by atoms with Gasteiger partial charge in [-0.2, -0.15) is 0 Å². The zero-order chi connectivity index (χ0) is 13.7. The molecule has 2 fully saturated rings. The Morgan fingerprint density at radius 2 is 1.95 bits per heavy atom. The number of hydrogen-bond donors (Lipinski definition) is 2. The molecule has 2 rings (SSSR count). The fourth-order valence-electron chi connectivity index (χ4n) is 2.18. The highest BCUT2D eigenvalue weighted by Gasteiger charge is 2.23. The maximum atomic E-state index is 11.9. The maximum Gasteiger partial charge on any atom is 0.234 e. The Kier molecular flexibility index (Phi) is 7.26. The number of carbonyl (C=O) groups is 2. The molecule has 1 aliphatic heterocycles. The zero-order valence-corrected chi connectivity index (χ0v) is 12.9. The summed E-state index contributed by atoms with van der Waals surface area (Å²) in [5.74, 6) is 0.260. The number of likely N-dealkylation sites (N-methyl/N-ethyl adjacent to an activating group) is 1. The molecule has 0 spiro atoms. The van der Waals surface area contributed by atoms with Gasteiger partial charge in [-0.15, -0.1) is 12.4 Å². The number of nitrogens with one attached hydrogen (secondary N) is 2. The minimum Gasteiger partial charge on any atom is -0.352 e. The van der Waals surface area contributed by atoms with Crippen molar-refractivity contribution in [2.24, 2.45) is 0 Å². The van der Waals surface area contributed by atoms with Gasteiger partial charge in [-0.25, -0.2) is 0 Å². The first-order valence-corrected chi connectivity index (χ1v) is 7.11. The van der Waals surface area contributed by atoms with E-state index in [1.54, 1.807) is 0 Å². The van der Waals surface area contributed by atoms with E-state index in [2.05, 4.69) is 10.6 Å². The quantitative estimate of drug-likeness (QED) is 0.690. The van der Waals surface area contributed by atoms with Gasteiger partial charge in [-0.05, 0) is 19.9 Å². The molecule has 6 nitrogen and oxygen atoms in total. The molecular formula is C13H25ClN4O2. The van der Waals surface area contributed by atoms with Crippen molar-refractivity contribution in [2.75, 3.05) is 46.3 Å². The van der Waals surface area contributed by atoms with Gasteiger partial charge < -0.3 is 15.5 Å². The Balaban J connectivity index is 0.00000200. The first-order chi connectivity index (χ1) is 9.15. The van der Waals surface area contributed by atoms with Crippen LogP contribution in [0.3, 0.4) is 0 Å². The average molecular weight is 305 g/mol. The molecule has 0 aromatic carbocycles. The van der Waals surface area contributed by atoms with Gasteiger partial charge in [0.1, 0.15) is 0 Å². The second-order valence-corrected chi connectivity index (χ2v) is 5.46. The minimum absolute atomic E-state index is 0. The lowest BCUT2D eigenvalue weighted by atomic mass is 10.3. The molecule has 2 aliphatic rings. The molecule has 0 radical (unpaired) electrons. The second kappa shape index (κ2) is 8.44. The van der Waals surface area contributed by atoms with Crippen LogP contribution in [0.1, 0.15) is 19.3 Å². The summed E-state index contributed by atoms with van der Waals surface area (Å²) in [6.45, 7) is 4.37. The van der Waals surface area contributed by atoms with Gasteiger partial charge in [-0.3, -0.25) is 14.5 Å². The molecule has 2 amide bonds. The van der Waals surface area contributed by atoms with Crippen molar-refractivity contribution in [1.82, 2.24) is 20.4 Å². The number of hydrogen-bond acceptors (Lipinski definition) is 4. The number of rotatable bonds is 6. The van der Waals surface area contributed by atoms with Gasteiger partial charge in [0.2, 0.25) is 11.8 Å². The van der Waals surface area contributed by atoms with Crippen molar-refractivity contribution in [3.05, 3.63) is 0 Å². The van der Waals surface area contributed by atoms with Crippen LogP contribution in [-0.2, 0) is 9.59 Å². The van der Waals surface area contributed by atoms with E-state index in [1.165, 1.54) is 0 Å². The Bertz CT molecular complexity index is 330. The molecule has 0 unspecified atom stereocenters. The van der Waals surface area contributed by atoms with E-state index in [4.69, 9.17) is 0 Å². The van der Waals surface area contributed by atoms with Crippen LogP contribution in [0.4, 0.5) is 0 Å². The van der Waals surface area contributed by atoms with E-state index in [-0.39, 0.29) is 24.2 Å². The predicted octanol–water partition coefficient (Wildman–Crippen LogP) is -0.559. The molecule has 1 heterocycles. The van der Waals surface area contributed by atoms with Crippen molar-refractivity contribution < 1.29 is 9.59 Å². The van der Waals surface area contributed by atoms with Crippen molar-refractivity contribution in [2.45, 2.75) is 25.3 Å². The third kappa shape index (κ3) is 6.07. The molecule has 116 valence electrons. The van der Waals surface area contributed by atoms with Crippen molar-refractivity contribution in [3.63, 3.8) is 0 Å². The van der Waals surface area contributed by atoms with E-state index in [1.807, 2.05) is 16.8 Å². The summed E-state index contributed by atoms with van der Waals surface area (Å²) in [6.07, 6.45) is 2.71. The van der Waals surface area contributed by atoms with Crippen LogP contribution in [0.25, 0.3) is 0 Å². The van der Waals surface area contributed by atoms with Crippen LogP contribution >= 0.6 is 12.4 Å². The summed E-state index contributed by atoms with van der Waals surface area (Å²) >= 11 is 0. The number of amides is 2. The molecule has 1 aliphatic carbocycles. The standard InChI is InChI=1S/C13H24N4O2.ClH/c1-16(10-12(18)15-11-2-3-11)7-4-13(19)17-8-5-14-6-9-17;/h11,14H,2-10H2,1H3,(H,15,18);1H. The van der Waals surface area contributed by atoms with Gasteiger partial charge in [-0.1, -0.05) is 0 Å². The van der Waals surface area contributed by atoms with E-state index < -0.39 is 0 Å². The Labute approximate surface area is 126 Å². The molecular weight excluding hydrogens is 280 g/mol. The highest BCUT2D eigenvalue weighted by molar-refractivity contribution is 5.85. The first kappa shape index (κ1) is 17.2. The van der Waals surface area contributed by atoms with Crippen molar-refractivity contribution in [3.8, 4) is 0 Å².